The number of hydrogen-bond acceptors (Lipinski definition) is 4. The standard InChI is InChI=1S/C15H17BrN2OS/c1-19-9-8-18-11-12-2-3-15(14(16)10-12)20-13-4-6-17-7-5-13/h2-7,10,18H,8-9,11H2,1H3. The molecule has 2 rings (SSSR count). The van der Waals surface area contributed by atoms with Crippen molar-refractivity contribution in [2.45, 2.75) is 16.3 Å². The second-order valence-corrected chi connectivity index (χ2v) is 6.19. The van der Waals surface area contributed by atoms with Crippen molar-refractivity contribution in [3.8, 4) is 0 Å². The molecule has 1 heterocycles. The number of ether oxygens (including phenoxy) is 1. The average Bonchev–Trinajstić information content (AvgIpc) is 2.47. The van der Waals surface area contributed by atoms with Gasteiger partial charge in [-0.25, -0.2) is 0 Å². The van der Waals surface area contributed by atoms with Crippen LogP contribution in [0.5, 0.6) is 0 Å². The number of hydrogen-bond donors (Lipinski definition) is 1. The van der Waals surface area contributed by atoms with Crippen LogP contribution >= 0.6 is 27.7 Å². The van der Waals surface area contributed by atoms with Crippen LogP contribution in [0.25, 0.3) is 0 Å². The van der Waals surface area contributed by atoms with Gasteiger partial charge >= 0.3 is 0 Å². The van der Waals surface area contributed by atoms with E-state index in [1.165, 1.54) is 15.4 Å². The molecule has 0 fully saturated rings. The molecule has 2 aromatic rings. The van der Waals surface area contributed by atoms with Crippen LogP contribution in [0.1, 0.15) is 5.56 Å². The van der Waals surface area contributed by atoms with E-state index in [9.17, 15) is 0 Å². The largest absolute Gasteiger partial charge is 0.383 e. The van der Waals surface area contributed by atoms with Crippen molar-refractivity contribution in [3.05, 3.63) is 52.8 Å². The predicted octanol–water partition coefficient (Wildman–Crippen LogP) is 3.73. The van der Waals surface area contributed by atoms with Crippen molar-refractivity contribution >= 4 is 27.7 Å². The van der Waals surface area contributed by atoms with E-state index in [-0.39, 0.29) is 0 Å². The lowest BCUT2D eigenvalue weighted by atomic mass is 10.2. The first-order valence-corrected chi connectivity index (χ1v) is 7.96. The zero-order valence-electron chi connectivity index (χ0n) is 11.3. The third kappa shape index (κ3) is 4.90. The highest BCUT2D eigenvalue weighted by Gasteiger charge is 2.04. The zero-order chi connectivity index (χ0) is 14.2. The Morgan fingerprint density at radius 3 is 2.75 bits per heavy atom. The van der Waals surface area contributed by atoms with Crippen molar-refractivity contribution in [2.24, 2.45) is 0 Å². The molecule has 1 aromatic heterocycles. The summed E-state index contributed by atoms with van der Waals surface area (Å²) in [6.45, 7) is 2.45. The molecule has 20 heavy (non-hydrogen) atoms. The van der Waals surface area contributed by atoms with Gasteiger partial charge in [0.05, 0.1) is 6.61 Å². The Bertz CT molecular complexity index is 537. The maximum absolute atomic E-state index is 5.01. The maximum Gasteiger partial charge on any atom is 0.0587 e. The molecule has 0 amide bonds. The fraction of sp³-hybridized carbons (Fsp3) is 0.267. The highest BCUT2D eigenvalue weighted by atomic mass is 79.9. The van der Waals surface area contributed by atoms with Gasteiger partial charge in [-0.05, 0) is 45.8 Å². The van der Waals surface area contributed by atoms with E-state index in [0.29, 0.717) is 0 Å². The van der Waals surface area contributed by atoms with Gasteiger partial charge in [0.25, 0.3) is 0 Å². The Balaban J connectivity index is 1.95. The minimum Gasteiger partial charge on any atom is -0.383 e. The summed E-state index contributed by atoms with van der Waals surface area (Å²) in [5.41, 5.74) is 1.26. The van der Waals surface area contributed by atoms with Gasteiger partial charge in [0.1, 0.15) is 0 Å². The van der Waals surface area contributed by atoms with E-state index in [0.717, 1.165) is 24.2 Å². The summed E-state index contributed by atoms with van der Waals surface area (Å²) in [6.07, 6.45) is 3.62. The molecular formula is C15H17BrN2OS. The Hall–Kier alpha value is -0.880. The zero-order valence-corrected chi connectivity index (χ0v) is 13.7. The van der Waals surface area contributed by atoms with Gasteiger partial charge < -0.3 is 10.1 Å². The number of halogens is 1. The quantitative estimate of drug-likeness (QED) is 0.769. The van der Waals surface area contributed by atoms with Gasteiger partial charge in [-0.15, -0.1) is 0 Å². The van der Waals surface area contributed by atoms with Crippen molar-refractivity contribution in [1.29, 1.82) is 0 Å². The number of aromatic nitrogens is 1. The Kier molecular flexibility index (Phi) is 6.53. The molecule has 0 aliphatic carbocycles. The molecule has 0 atom stereocenters. The molecule has 1 aromatic carbocycles. The third-order valence-electron chi connectivity index (χ3n) is 2.69. The molecule has 3 nitrogen and oxygen atoms in total. The summed E-state index contributed by atoms with van der Waals surface area (Å²) >= 11 is 5.37. The van der Waals surface area contributed by atoms with Gasteiger partial charge in [-0.1, -0.05) is 17.8 Å². The van der Waals surface area contributed by atoms with Gasteiger partial charge in [-0.2, -0.15) is 0 Å². The van der Waals surface area contributed by atoms with Crippen LogP contribution in [0.2, 0.25) is 0 Å². The SMILES string of the molecule is COCCNCc1ccc(Sc2ccncc2)c(Br)c1. The molecule has 0 spiro atoms. The average molecular weight is 353 g/mol. The molecule has 106 valence electrons. The fourth-order valence-electron chi connectivity index (χ4n) is 1.68. The van der Waals surface area contributed by atoms with Crippen LogP contribution in [0.3, 0.4) is 0 Å². The summed E-state index contributed by atoms with van der Waals surface area (Å²) in [5, 5.41) is 3.34. The van der Waals surface area contributed by atoms with Crippen LogP contribution in [0, 0.1) is 0 Å². The normalized spacial score (nSPS) is 10.7. The second kappa shape index (κ2) is 8.42. The summed E-state index contributed by atoms with van der Waals surface area (Å²) in [5.74, 6) is 0. The molecule has 1 N–H and O–H groups in total. The van der Waals surface area contributed by atoms with Crippen LogP contribution in [-0.2, 0) is 11.3 Å². The van der Waals surface area contributed by atoms with E-state index >= 15 is 0 Å². The first-order valence-electron chi connectivity index (χ1n) is 6.35. The summed E-state index contributed by atoms with van der Waals surface area (Å²) in [4.78, 5) is 6.42. The van der Waals surface area contributed by atoms with Crippen molar-refractivity contribution < 1.29 is 4.74 Å². The number of nitrogens with one attached hydrogen (secondary N) is 1. The fourth-order valence-corrected chi connectivity index (χ4v) is 3.15. The highest BCUT2D eigenvalue weighted by molar-refractivity contribution is 9.10. The molecule has 0 radical (unpaired) electrons. The van der Waals surface area contributed by atoms with Crippen LogP contribution in [0.15, 0.2) is 57.0 Å². The Morgan fingerprint density at radius 1 is 1.25 bits per heavy atom. The van der Waals surface area contributed by atoms with Gasteiger partial charge in [-0.3, -0.25) is 4.98 Å². The Labute approximate surface area is 132 Å². The van der Waals surface area contributed by atoms with Gasteiger partial charge in [0.15, 0.2) is 0 Å². The van der Waals surface area contributed by atoms with E-state index in [4.69, 9.17) is 4.74 Å². The summed E-state index contributed by atoms with van der Waals surface area (Å²) in [7, 11) is 1.71. The lowest BCUT2D eigenvalue weighted by Gasteiger charge is -2.08. The molecule has 0 saturated heterocycles. The molecule has 0 aliphatic heterocycles. The smallest absolute Gasteiger partial charge is 0.0587 e. The van der Waals surface area contributed by atoms with E-state index in [1.807, 2.05) is 24.5 Å². The molecule has 0 bridgehead atoms. The lowest BCUT2D eigenvalue weighted by Crippen LogP contribution is -2.18. The number of pyridine rings is 1. The van der Waals surface area contributed by atoms with Crippen LogP contribution in [-0.4, -0.2) is 25.2 Å². The molecule has 0 saturated carbocycles. The van der Waals surface area contributed by atoms with Crippen LogP contribution in [0.4, 0.5) is 0 Å². The number of rotatable bonds is 7. The number of benzene rings is 1. The number of methoxy groups -OCH3 is 1. The molecule has 0 aliphatic rings. The lowest BCUT2D eigenvalue weighted by molar-refractivity contribution is 0.199. The van der Waals surface area contributed by atoms with E-state index in [1.54, 1.807) is 18.9 Å². The minimum absolute atomic E-state index is 0.733. The summed E-state index contributed by atoms with van der Waals surface area (Å²) < 4.78 is 6.12. The van der Waals surface area contributed by atoms with E-state index < -0.39 is 0 Å². The van der Waals surface area contributed by atoms with Crippen LogP contribution < -0.4 is 5.32 Å². The summed E-state index contributed by atoms with van der Waals surface area (Å²) in [6, 6.07) is 10.5. The van der Waals surface area contributed by atoms with Gasteiger partial charge in [0, 0.05) is 46.9 Å². The number of nitrogens with zero attached hydrogens (tertiary/aromatic N) is 1. The second-order valence-electron chi connectivity index (χ2n) is 4.22. The van der Waals surface area contributed by atoms with Gasteiger partial charge in [0.2, 0.25) is 0 Å². The first kappa shape index (κ1) is 15.5. The Morgan fingerprint density at radius 2 is 2.05 bits per heavy atom. The maximum atomic E-state index is 5.01. The van der Waals surface area contributed by atoms with Crippen molar-refractivity contribution in [1.82, 2.24) is 10.3 Å². The third-order valence-corrected chi connectivity index (χ3v) is 4.69. The predicted molar refractivity (Wildman–Crippen MR) is 86.1 cm³/mol. The van der Waals surface area contributed by atoms with Crippen molar-refractivity contribution in [3.63, 3.8) is 0 Å². The molecule has 5 heteroatoms. The van der Waals surface area contributed by atoms with Crippen molar-refractivity contribution in [2.75, 3.05) is 20.3 Å². The monoisotopic (exact) mass is 352 g/mol. The van der Waals surface area contributed by atoms with E-state index in [2.05, 4.69) is 44.4 Å². The minimum atomic E-state index is 0.733. The topological polar surface area (TPSA) is 34.1 Å². The first-order chi connectivity index (χ1) is 9.79. The molecule has 0 unspecified atom stereocenters. The molecular weight excluding hydrogens is 336 g/mol. The highest BCUT2D eigenvalue weighted by Crippen LogP contribution is 2.33.